The molecule has 0 saturated heterocycles. The maximum atomic E-state index is 12.0. The molecule has 0 atom stereocenters. The van der Waals surface area contributed by atoms with Crippen molar-refractivity contribution in [2.45, 2.75) is 13.1 Å². The summed E-state index contributed by atoms with van der Waals surface area (Å²) < 4.78 is 40.7. The molecule has 0 unspecified atom stereocenters. The van der Waals surface area contributed by atoms with Gasteiger partial charge in [-0.2, -0.15) is 13.2 Å². The first-order valence-corrected chi connectivity index (χ1v) is 4.47. The monoisotopic (exact) mass is 225 g/mol. The highest BCUT2D eigenvalue weighted by atomic mass is 32.1. The molecular weight excluding hydrogens is 219 g/mol. The summed E-state index contributed by atoms with van der Waals surface area (Å²) in [5, 5.41) is -1.04. The van der Waals surface area contributed by atoms with Gasteiger partial charge in [-0.3, -0.25) is 0 Å². The number of halogens is 3. The Bertz CT molecular complexity index is 334. The Morgan fingerprint density at radius 1 is 1.64 bits per heavy atom. The number of ether oxygens (including phenoxy) is 1. The summed E-state index contributed by atoms with van der Waals surface area (Å²) in [6, 6.07) is 0. The van der Waals surface area contributed by atoms with Crippen molar-refractivity contribution in [2.24, 2.45) is 0 Å². The largest absolute Gasteiger partial charge is 0.462 e. The third kappa shape index (κ3) is 2.44. The van der Waals surface area contributed by atoms with Gasteiger partial charge in [-0.25, -0.2) is 9.78 Å². The van der Waals surface area contributed by atoms with E-state index in [4.69, 9.17) is 0 Å². The number of alkyl halides is 3. The third-order valence-corrected chi connectivity index (χ3v) is 2.25. The van der Waals surface area contributed by atoms with Crippen molar-refractivity contribution >= 4 is 17.3 Å². The quantitative estimate of drug-likeness (QED) is 0.725. The topological polar surface area (TPSA) is 39.2 Å². The van der Waals surface area contributed by atoms with Gasteiger partial charge in [0.2, 0.25) is 0 Å². The van der Waals surface area contributed by atoms with Crippen molar-refractivity contribution in [1.82, 2.24) is 4.98 Å². The Balaban J connectivity index is 2.83. The lowest BCUT2D eigenvalue weighted by Gasteiger charge is -1.99. The summed E-state index contributed by atoms with van der Waals surface area (Å²) in [6.45, 7) is 1.70. The zero-order chi connectivity index (χ0) is 10.8. The van der Waals surface area contributed by atoms with E-state index in [0.717, 1.165) is 6.20 Å². The maximum absolute atomic E-state index is 12.0. The van der Waals surface area contributed by atoms with Crippen LogP contribution in [0.3, 0.4) is 0 Å². The fourth-order valence-corrected chi connectivity index (χ4v) is 1.38. The van der Waals surface area contributed by atoms with Crippen LogP contribution in [0.15, 0.2) is 6.20 Å². The van der Waals surface area contributed by atoms with Gasteiger partial charge in [0.25, 0.3) is 0 Å². The van der Waals surface area contributed by atoms with Gasteiger partial charge < -0.3 is 4.74 Å². The maximum Gasteiger partial charge on any atom is 0.443 e. The summed E-state index contributed by atoms with van der Waals surface area (Å²) in [7, 11) is 0. The van der Waals surface area contributed by atoms with Gasteiger partial charge in [0.1, 0.15) is 4.88 Å². The minimum Gasteiger partial charge on any atom is -0.462 e. The Morgan fingerprint density at radius 2 is 2.29 bits per heavy atom. The highest BCUT2D eigenvalue weighted by Crippen LogP contribution is 2.32. The summed E-state index contributed by atoms with van der Waals surface area (Å²) in [5.41, 5.74) is 0. The molecule has 1 rings (SSSR count). The van der Waals surface area contributed by atoms with Crippen molar-refractivity contribution in [3.05, 3.63) is 16.1 Å². The number of rotatable bonds is 2. The minimum atomic E-state index is -4.50. The van der Waals surface area contributed by atoms with Gasteiger partial charge in [0.15, 0.2) is 5.01 Å². The fraction of sp³-hybridized carbons (Fsp3) is 0.429. The predicted molar refractivity (Wildman–Crippen MR) is 43.1 cm³/mol. The van der Waals surface area contributed by atoms with Crippen molar-refractivity contribution in [3.63, 3.8) is 0 Å². The van der Waals surface area contributed by atoms with Crippen LogP contribution in [0, 0.1) is 0 Å². The first kappa shape index (κ1) is 11.0. The molecule has 78 valence electrons. The highest BCUT2D eigenvalue weighted by molar-refractivity contribution is 7.13. The smallest absolute Gasteiger partial charge is 0.443 e. The molecule has 0 N–H and O–H groups in total. The molecule has 1 heterocycles. The molecule has 1 aromatic heterocycles. The molecule has 7 heteroatoms. The molecule has 3 nitrogen and oxygen atoms in total. The van der Waals surface area contributed by atoms with Gasteiger partial charge in [-0.05, 0) is 6.92 Å². The van der Waals surface area contributed by atoms with Crippen LogP contribution >= 0.6 is 11.3 Å². The van der Waals surface area contributed by atoms with E-state index < -0.39 is 17.2 Å². The molecule has 14 heavy (non-hydrogen) atoms. The van der Waals surface area contributed by atoms with E-state index >= 15 is 0 Å². The van der Waals surface area contributed by atoms with Crippen molar-refractivity contribution < 1.29 is 22.7 Å². The average Bonchev–Trinajstić information content (AvgIpc) is 2.51. The Hall–Kier alpha value is -1.11. The Morgan fingerprint density at radius 3 is 2.71 bits per heavy atom. The van der Waals surface area contributed by atoms with E-state index in [0.29, 0.717) is 0 Å². The van der Waals surface area contributed by atoms with Crippen LogP contribution < -0.4 is 0 Å². The normalized spacial score (nSPS) is 11.4. The molecule has 0 aromatic carbocycles. The number of carbonyl (C=O) groups is 1. The van der Waals surface area contributed by atoms with Crippen LogP contribution in [0.1, 0.15) is 21.6 Å². The van der Waals surface area contributed by atoms with E-state index in [-0.39, 0.29) is 22.8 Å². The van der Waals surface area contributed by atoms with Crippen LogP contribution in [0.2, 0.25) is 0 Å². The number of esters is 1. The van der Waals surface area contributed by atoms with Gasteiger partial charge in [0.05, 0.1) is 12.8 Å². The zero-order valence-corrected chi connectivity index (χ0v) is 7.91. The van der Waals surface area contributed by atoms with E-state index in [2.05, 4.69) is 9.72 Å². The van der Waals surface area contributed by atoms with Crippen molar-refractivity contribution in [1.29, 1.82) is 0 Å². The zero-order valence-electron chi connectivity index (χ0n) is 7.09. The van der Waals surface area contributed by atoms with E-state index in [9.17, 15) is 18.0 Å². The standard InChI is InChI=1S/C7H6F3NO2S/c1-2-13-5(12)4-3-11-6(14-4)7(8,9)10/h3H,2H2,1H3. The first-order chi connectivity index (χ1) is 6.45. The van der Waals surface area contributed by atoms with Crippen molar-refractivity contribution in [2.75, 3.05) is 6.61 Å². The van der Waals surface area contributed by atoms with E-state index in [1.165, 1.54) is 0 Å². The SMILES string of the molecule is CCOC(=O)c1cnc(C(F)(F)F)s1. The average molecular weight is 225 g/mol. The van der Waals surface area contributed by atoms with Crippen LogP contribution in [-0.2, 0) is 10.9 Å². The number of carbonyl (C=O) groups excluding carboxylic acids is 1. The Kier molecular flexibility index (Phi) is 3.10. The minimum absolute atomic E-state index is 0.123. The molecule has 0 fully saturated rings. The molecule has 0 bridgehead atoms. The van der Waals surface area contributed by atoms with Gasteiger partial charge in [-0.1, -0.05) is 0 Å². The molecule has 1 aromatic rings. The summed E-state index contributed by atoms with van der Waals surface area (Å²) in [4.78, 5) is 13.9. The summed E-state index contributed by atoms with van der Waals surface area (Å²) in [6.07, 6.45) is -3.64. The molecule has 0 aliphatic heterocycles. The number of thiazole rings is 1. The lowest BCUT2D eigenvalue weighted by Crippen LogP contribution is -2.03. The highest BCUT2D eigenvalue weighted by Gasteiger charge is 2.35. The lowest BCUT2D eigenvalue weighted by molar-refractivity contribution is -0.137. The van der Waals surface area contributed by atoms with E-state index in [1.54, 1.807) is 6.92 Å². The predicted octanol–water partition coefficient (Wildman–Crippen LogP) is 2.34. The second-order valence-corrected chi connectivity index (χ2v) is 3.28. The fourth-order valence-electron chi connectivity index (χ4n) is 0.702. The van der Waals surface area contributed by atoms with Crippen LogP contribution in [0.25, 0.3) is 0 Å². The van der Waals surface area contributed by atoms with E-state index in [1.807, 2.05) is 0 Å². The van der Waals surface area contributed by atoms with Crippen molar-refractivity contribution in [3.8, 4) is 0 Å². The molecular formula is C7H6F3NO2S. The molecule has 0 radical (unpaired) electrons. The number of aromatic nitrogens is 1. The number of nitrogens with zero attached hydrogens (tertiary/aromatic N) is 1. The Labute approximate surface area is 81.5 Å². The summed E-state index contributed by atoms with van der Waals surface area (Å²) >= 11 is 0.277. The molecule has 0 amide bonds. The number of hydrogen-bond donors (Lipinski definition) is 0. The molecule has 0 aliphatic carbocycles. The molecule has 0 aliphatic rings. The van der Waals surface area contributed by atoms with Gasteiger partial charge in [0, 0.05) is 0 Å². The number of hydrogen-bond acceptors (Lipinski definition) is 4. The molecule has 0 spiro atoms. The lowest BCUT2D eigenvalue weighted by atomic mass is 10.5. The second kappa shape index (κ2) is 3.95. The van der Waals surface area contributed by atoms with Crippen LogP contribution in [0.4, 0.5) is 13.2 Å². The van der Waals surface area contributed by atoms with Crippen LogP contribution in [0.5, 0.6) is 0 Å². The second-order valence-electron chi connectivity index (χ2n) is 2.25. The third-order valence-electron chi connectivity index (χ3n) is 1.22. The van der Waals surface area contributed by atoms with Crippen LogP contribution in [-0.4, -0.2) is 17.6 Å². The first-order valence-electron chi connectivity index (χ1n) is 3.65. The molecule has 0 saturated carbocycles. The summed E-state index contributed by atoms with van der Waals surface area (Å²) in [5.74, 6) is -0.777. The van der Waals surface area contributed by atoms with Gasteiger partial charge >= 0.3 is 12.1 Å². The van der Waals surface area contributed by atoms with Gasteiger partial charge in [-0.15, -0.1) is 11.3 Å².